The molecule has 2 N–H and O–H groups in total. The minimum absolute atomic E-state index is 0.0351. The zero-order chi connectivity index (χ0) is 19.1. The first-order chi connectivity index (χ1) is 11.5. The van der Waals surface area contributed by atoms with Crippen molar-refractivity contribution < 1.29 is 32.9 Å². The molecule has 142 valence electrons. The summed E-state index contributed by atoms with van der Waals surface area (Å²) in [5.41, 5.74) is -0.799. The molecule has 0 fully saturated rings. The van der Waals surface area contributed by atoms with Gasteiger partial charge in [0.25, 0.3) is 11.8 Å². The third-order valence-electron chi connectivity index (χ3n) is 2.97. The summed E-state index contributed by atoms with van der Waals surface area (Å²) in [5, 5.41) is 2.63. The highest BCUT2D eigenvalue weighted by Crippen LogP contribution is 2.47. The standard InChI is InChI=1S/C15H25N2O7P/c1-15(2,3)24-25(21,22)23-11-5-9-16-12(18)6-4-10-17-13(19)7-8-14(17)20/h7-8H,4-6,9-11H2,1-3H3,(H,16,18)(H,21,22). The Morgan fingerprint density at radius 2 is 1.84 bits per heavy atom. The van der Waals surface area contributed by atoms with Crippen molar-refractivity contribution in [1.29, 1.82) is 0 Å². The molecule has 0 aromatic carbocycles. The van der Waals surface area contributed by atoms with Gasteiger partial charge in [-0.3, -0.25) is 28.3 Å². The van der Waals surface area contributed by atoms with E-state index in [0.29, 0.717) is 12.8 Å². The summed E-state index contributed by atoms with van der Waals surface area (Å²) in [6, 6.07) is 0. The third kappa shape index (κ3) is 8.92. The molecule has 1 unspecified atom stereocenters. The van der Waals surface area contributed by atoms with E-state index in [-0.39, 0.29) is 43.8 Å². The first-order valence-corrected chi connectivity index (χ1v) is 9.48. The molecule has 0 saturated heterocycles. The maximum Gasteiger partial charge on any atom is 0.472 e. The fourth-order valence-corrected chi connectivity index (χ4v) is 3.09. The van der Waals surface area contributed by atoms with Gasteiger partial charge in [0, 0.05) is 31.7 Å². The van der Waals surface area contributed by atoms with E-state index in [1.54, 1.807) is 20.8 Å². The minimum Gasteiger partial charge on any atom is -0.356 e. The second-order valence-electron chi connectivity index (χ2n) is 6.47. The fraction of sp³-hybridized carbons (Fsp3) is 0.667. The predicted octanol–water partition coefficient (Wildman–Crippen LogP) is 1.13. The maximum atomic E-state index is 11.6. The van der Waals surface area contributed by atoms with Gasteiger partial charge >= 0.3 is 7.82 Å². The molecule has 0 radical (unpaired) electrons. The topological polar surface area (TPSA) is 122 Å². The normalized spacial score (nSPS) is 17.0. The van der Waals surface area contributed by atoms with Crippen LogP contribution in [0.25, 0.3) is 0 Å². The van der Waals surface area contributed by atoms with Crippen molar-refractivity contribution in [2.24, 2.45) is 0 Å². The van der Waals surface area contributed by atoms with Gasteiger partial charge in [-0.15, -0.1) is 0 Å². The molecule has 0 saturated carbocycles. The van der Waals surface area contributed by atoms with E-state index in [2.05, 4.69) is 5.32 Å². The van der Waals surface area contributed by atoms with Gasteiger partial charge in [0.05, 0.1) is 12.2 Å². The molecule has 1 heterocycles. The molecule has 1 aliphatic heterocycles. The van der Waals surface area contributed by atoms with Crippen LogP contribution in [0.3, 0.4) is 0 Å². The van der Waals surface area contributed by atoms with Crippen molar-refractivity contribution in [3.8, 4) is 0 Å². The minimum atomic E-state index is -4.11. The zero-order valence-corrected chi connectivity index (χ0v) is 15.6. The van der Waals surface area contributed by atoms with Crippen LogP contribution in [0.15, 0.2) is 12.2 Å². The predicted molar refractivity (Wildman–Crippen MR) is 89.3 cm³/mol. The van der Waals surface area contributed by atoms with Crippen molar-refractivity contribution in [3.05, 3.63) is 12.2 Å². The summed E-state index contributed by atoms with van der Waals surface area (Å²) >= 11 is 0. The van der Waals surface area contributed by atoms with Crippen molar-refractivity contribution in [3.63, 3.8) is 0 Å². The lowest BCUT2D eigenvalue weighted by atomic mass is 10.2. The van der Waals surface area contributed by atoms with E-state index in [1.807, 2.05) is 0 Å². The van der Waals surface area contributed by atoms with Crippen LogP contribution in [0.4, 0.5) is 0 Å². The van der Waals surface area contributed by atoms with Crippen LogP contribution >= 0.6 is 7.82 Å². The number of imide groups is 1. The fourth-order valence-electron chi connectivity index (χ4n) is 1.99. The molecular formula is C15H25N2O7P. The smallest absolute Gasteiger partial charge is 0.356 e. The van der Waals surface area contributed by atoms with Crippen LogP contribution < -0.4 is 5.32 Å². The second-order valence-corrected chi connectivity index (χ2v) is 7.85. The molecular weight excluding hydrogens is 351 g/mol. The lowest BCUT2D eigenvalue weighted by molar-refractivity contribution is -0.137. The van der Waals surface area contributed by atoms with E-state index in [1.165, 1.54) is 12.2 Å². The van der Waals surface area contributed by atoms with E-state index < -0.39 is 13.4 Å². The molecule has 0 aromatic rings. The number of amides is 3. The number of carbonyl (C=O) groups excluding carboxylic acids is 3. The molecule has 0 aliphatic carbocycles. The molecule has 10 heteroatoms. The molecule has 1 atom stereocenters. The summed E-state index contributed by atoms with van der Waals surface area (Å²) in [5.74, 6) is -0.966. The molecule has 0 aromatic heterocycles. The number of hydrogen-bond donors (Lipinski definition) is 2. The molecule has 0 spiro atoms. The lowest BCUT2D eigenvalue weighted by Gasteiger charge is -2.22. The quantitative estimate of drug-likeness (QED) is 0.333. The SMILES string of the molecule is CC(C)(C)OP(=O)(O)OCCCNC(=O)CCCN1C(=O)C=CC1=O. The zero-order valence-electron chi connectivity index (χ0n) is 14.7. The molecule has 9 nitrogen and oxygen atoms in total. The second kappa shape index (κ2) is 9.24. The summed E-state index contributed by atoms with van der Waals surface area (Å²) < 4.78 is 21.3. The maximum absolute atomic E-state index is 11.6. The summed E-state index contributed by atoms with van der Waals surface area (Å²) in [7, 11) is -4.11. The average Bonchev–Trinajstić information content (AvgIpc) is 2.76. The van der Waals surface area contributed by atoms with E-state index in [0.717, 1.165) is 4.90 Å². The third-order valence-corrected chi connectivity index (χ3v) is 4.26. The number of hydrogen-bond acceptors (Lipinski definition) is 6. The number of rotatable bonds is 10. The Balaban J connectivity index is 2.10. The van der Waals surface area contributed by atoms with Gasteiger partial charge in [-0.1, -0.05) is 0 Å². The first kappa shape index (κ1) is 21.5. The summed E-state index contributed by atoms with van der Waals surface area (Å²) in [6.07, 6.45) is 3.28. The molecule has 1 aliphatic rings. The Labute approximate surface area is 147 Å². The van der Waals surface area contributed by atoms with Gasteiger partial charge in [0.1, 0.15) is 0 Å². The van der Waals surface area contributed by atoms with Gasteiger partial charge in [-0.05, 0) is 33.6 Å². The van der Waals surface area contributed by atoms with Crippen LogP contribution in [-0.4, -0.2) is 52.8 Å². The number of phosphoric ester groups is 1. The number of carbonyl (C=O) groups is 3. The van der Waals surface area contributed by atoms with Crippen molar-refractivity contribution in [2.75, 3.05) is 19.7 Å². The van der Waals surface area contributed by atoms with Gasteiger partial charge in [0.2, 0.25) is 5.91 Å². The first-order valence-electron chi connectivity index (χ1n) is 7.98. The molecule has 0 bridgehead atoms. The number of nitrogens with one attached hydrogen (secondary N) is 1. The van der Waals surface area contributed by atoms with Gasteiger partial charge in [0.15, 0.2) is 0 Å². The molecule has 25 heavy (non-hydrogen) atoms. The highest BCUT2D eigenvalue weighted by Gasteiger charge is 2.28. The van der Waals surface area contributed by atoms with E-state index >= 15 is 0 Å². The highest BCUT2D eigenvalue weighted by molar-refractivity contribution is 7.47. The Hall–Kier alpha value is -1.54. The van der Waals surface area contributed by atoms with E-state index in [4.69, 9.17) is 9.05 Å². The van der Waals surface area contributed by atoms with Gasteiger partial charge in [-0.25, -0.2) is 4.57 Å². The van der Waals surface area contributed by atoms with Gasteiger partial charge in [-0.2, -0.15) is 0 Å². The van der Waals surface area contributed by atoms with Crippen LogP contribution in [0.1, 0.15) is 40.0 Å². The number of phosphoric acid groups is 1. The van der Waals surface area contributed by atoms with Crippen LogP contribution in [-0.2, 0) is 28.0 Å². The summed E-state index contributed by atoms with van der Waals surface area (Å²) in [4.78, 5) is 44.8. The average molecular weight is 376 g/mol. The monoisotopic (exact) mass is 376 g/mol. The van der Waals surface area contributed by atoms with Crippen LogP contribution in [0.5, 0.6) is 0 Å². The Morgan fingerprint density at radius 3 is 2.40 bits per heavy atom. The van der Waals surface area contributed by atoms with Gasteiger partial charge < -0.3 is 10.2 Å². The Kier molecular flexibility index (Phi) is 7.95. The Bertz CT molecular complexity index is 565. The van der Waals surface area contributed by atoms with E-state index in [9.17, 15) is 23.8 Å². The van der Waals surface area contributed by atoms with Crippen molar-refractivity contribution in [2.45, 2.75) is 45.6 Å². The van der Waals surface area contributed by atoms with Crippen molar-refractivity contribution >= 4 is 25.5 Å². The molecule has 1 rings (SSSR count). The Morgan fingerprint density at radius 1 is 1.24 bits per heavy atom. The molecule has 3 amide bonds. The summed E-state index contributed by atoms with van der Waals surface area (Å²) in [6.45, 7) is 5.35. The van der Waals surface area contributed by atoms with Crippen molar-refractivity contribution in [1.82, 2.24) is 10.2 Å². The lowest BCUT2D eigenvalue weighted by Crippen LogP contribution is -2.32. The number of nitrogens with zero attached hydrogens (tertiary/aromatic N) is 1. The van der Waals surface area contributed by atoms with Crippen LogP contribution in [0, 0.1) is 0 Å². The highest BCUT2D eigenvalue weighted by atomic mass is 31.2. The largest absolute Gasteiger partial charge is 0.472 e. The van der Waals surface area contributed by atoms with Crippen LogP contribution in [0.2, 0.25) is 0 Å².